The topological polar surface area (TPSA) is 81.2 Å². The van der Waals surface area contributed by atoms with Gasteiger partial charge in [0, 0.05) is 41.5 Å². The van der Waals surface area contributed by atoms with Crippen molar-refractivity contribution < 1.29 is 10.0 Å². The molecular weight excluding hydrogens is 364 g/mol. The zero-order valence-electron chi connectivity index (χ0n) is 16.6. The Labute approximate surface area is 170 Å². The third-order valence-electron chi connectivity index (χ3n) is 5.72. The lowest BCUT2D eigenvalue weighted by Gasteiger charge is -2.24. The van der Waals surface area contributed by atoms with Crippen molar-refractivity contribution in [3.63, 3.8) is 0 Å². The van der Waals surface area contributed by atoms with Crippen LogP contribution in [0.25, 0.3) is 17.0 Å². The number of carbonyl (C=O) groups excluding carboxylic acids is 1. The maximum absolute atomic E-state index is 11.1. The van der Waals surface area contributed by atoms with E-state index in [0.717, 1.165) is 30.8 Å². The van der Waals surface area contributed by atoms with Crippen molar-refractivity contribution in [3.8, 4) is 0 Å². The van der Waals surface area contributed by atoms with Gasteiger partial charge in [-0.15, -0.1) is 0 Å². The second-order valence-corrected chi connectivity index (χ2v) is 7.64. The minimum absolute atomic E-state index is 0.516. The van der Waals surface area contributed by atoms with Crippen molar-refractivity contribution in [3.05, 3.63) is 71.2 Å². The van der Waals surface area contributed by atoms with Crippen molar-refractivity contribution in [2.45, 2.75) is 38.8 Å². The van der Waals surface area contributed by atoms with Gasteiger partial charge in [-0.3, -0.25) is 19.9 Å². The minimum atomic E-state index is -0.554. The van der Waals surface area contributed by atoms with Gasteiger partial charge in [0.05, 0.1) is 5.69 Å². The molecule has 1 atom stereocenters. The van der Waals surface area contributed by atoms with Gasteiger partial charge in [-0.1, -0.05) is 24.3 Å². The maximum Gasteiger partial charge on any atom is 0.267 e. The number of likely N-dealkylation sites (tertiary alicyclic amines) is 1. The smallest absolute Gasteiger partial charge is 0.267 e. The first-order valence-corrected chi connectivity index (χ1v) is 10.0. The average molecular weight is 390 g/mol. The number of hydrogen-bond donors (Lipinski definition) is 3. The zero-order valence-corrected chi connectivity index (χ0v) is 16.6. The number of rotatable bonds is 6. The van der Waals surface area contributed by atoms with Crippen molar-refractivity contribution in [2.24, 2.45) is 0 Å². The number of amides is 1. The highest BCUT2D eigenvalue weighted by Crippen LogP contribution is 2.28. The number of aromatic nitrogens is 2. The largest absolute Gasteiger partial charge is 0.358 e. The van der Waals surface area contributed by atoms with Crippen molar-refractivity contribution >= 4 is 22.9 Å². The summed E-state index contributed by atoms with van der Waals surface area (Å²) in [4.78, 5) is 21.7. The number of nitrogens with zero attached hydrogens (tertiary/aromatic N) is 2. The Morgan fingerprint density at radius 2 is 2.21 bits per heavy atom. The van der Waals surface area contributed by atoms with Crippen LogP contribution in [-0.4, -0.2) is 38.6 Å². The molecule has 1 saturated heterocycles. The first-order valence-electron chi connectivity index (χ1n) is 10.0. The van der Waals surface area contributed by atoms with E-state index in [1.54, 1.807) is 17.8 Å². The van der Waals surface area contributed by atoms with Crippen molar-refractivity contribution in [1.82, 2.24) is 20.3 Å². The normalized spacial score (nSPS) is 17.4. The Kier molecular flexibility index (Phi) is 5.74. The average Bonchev–Trinajstić information content (AvgIpc) is 3.31. The van der Waals surface area contributed by atoms with Gasteiger partial charge in [0.25, 0.3) is 5.91 Å². The summed E-state index contributed by atoms with van der Waals surface area (Å²) in [7, 11) is 0. The zero-order chi connectivity index (χ0) is 20.2. The molecule has 1 fully saturated rings. The summed E-state index contributed by atoms with van der Waals surface area (Å²) in [5, 5.41) is 9.87. The van der Waals surface area contributed by atoms with Crippen molar-refractivity contribution in [1.29, 1.82) is 0 Å². The number of aromatic amines is 1. The molecule has 29 heavy (non-hydrogen) atoms. The molecule has 0 spiro atoms. The monoisotopic (exact) mass is 390 g/mol. The molecule has 1 aliphatic heterocycles. The Bertz CT molecular complexity index is 1020. The Morgan fingerprint density at radius 1 is 1.34 bits per heavy atom. The fraction of sp³-hybridized carbons (Fsp3) is 0.304. The van der Waals surface area contributed by atoms with Gasteiger partial charge in [0.1, 0.15) is 0 Å². The van der Waals surface area contributed by atoms with E-state index in [4.69, 9.17) is 5.21 Å². The van der Waals surface area contributed by atoms with Crippen LogP contribution >= 0.6 is 0 Å². The van der Waals surface area contributed by atoms with E-state index in [9.17, 15) is 4.79 Å². The van der Waals surface area contributed by atoms with E-state index in [1.807, 2.05) is 12.1 Å². The van der Waals surface area contributed by atoms with Crippen LogP contribution in [0.4, 0.5) is 0 Å². The summed E-state index contributed by atoms with van der Waals surface area (Å²) in [6.07, 6.45) is 8.12. The molecule has 0 bridgehead atoms. The summed E-state index contributed by atoms with van der Waals surface area (Å²) >= 11 is 0. The first kappa shape index (κ1) is 19.4. The second-order valence-electron chi connectivity index (χ2n) is 7.64. The number of para-hydroxylation sites is 1. The number of fused-ring (bicyclic) bond motifs is 1. The number of nitrogens with one attached hydrogen (secondary N) is 2. The highest BCUT2D eigenvalue weighted by atomic mass is 16.5. The lowest BCUT2D eigenvalue weighted by atomic mass is 10.0. The Hall–Kier alpha value is -2.96. The quantitative estimate of drug-likeness (QED) is 0.341. The molecule has 6 heteroatoms. The van der Waals surface area contributed by atoms with E-state index in [2.05, 4.69) is 46.1 Å². The minimum Gasteiger partial charge on any atom is -0.358 e. The van der Waals surface area contributed by atoms with Gasteiger partial charge in [-0.05, 0) is 62.1 Å². The van der Waals surface area contributed by atoms with Gasteiger partial charge < -0.3 is 4.98 Å². The lowest BCUT2D eigenvalue weighted by molar-refractivity contribution is -0.124. The summed E-state index contributed by atoms with van der Waals surface area (Å²) < 4.78 is 0. The number of H-pyrrole nitrogens is 1. The molecular formula is C23H26N4O2. The fourth-order valence-electron chi connectivity index (χ4n) is 4.21. The highest BCUT2D eigenvalue weighted by molar-refractivity contribution is 5.90. The maximum atomic E-state index is 11.1. The SMILES string of the molecule is Cc1[nH]c2ccccc2c1CC1CCCN1Cc1ccc(/C=C/C(=O)NO)cn1. The van der Waals surface area contributed by atoms with E-state index in [1.165, 1.54) is 41.1 Å². The summed E-state index contributed by atoms with van der Waals surface area (Å²) in [5.41, 5.74) is 7.33. The second kappa shape index (κ2) is 8.59. The van der Waals surface area contributed by atoms with Gasteiger partial charge in [0.15, 0.2) is 0 Å². The van der Waals surface area contributed by atoms with Crippen LogP contribution in [0.2, 0.25) is 0 Å². The van der Waals surface area contributed by atoms with Crippen LogP contribution < -0.4 is 5.48 Å². The molecule has 6 nitrogen and oxygen atoms in total. The Balaban J connectivity index is 1.44. The summed E-state index contributed by atoms with van der Waals surface area (Å²) in [6.45, 7) is 4.08. The molecule has 4 rings (SSSR count). The summed E-state index contributed by atoms with van der Waals surface area (Å²) in [6, 6.07) is 13.0. The van der Waals surface area contributed by atoms with Crippen LogP contribution in [0.1, 0.15) is 35.4 Å². The summed E-state index contributed by atoms with van der Waals surface area (Å²) in [5.74, 6) is -0.554. The third-order valence-corrected chi connectivity index (χ3v) is 5.72. The molecule has 0 saturated carbocycles. The van der Waals surface area contributed by atoms with Crippen LogP contribution in [0, 0.1) is 6.92 Å². The van der Waals surface area contributed by atoms with Crippen LogP contribution in [0.3, 0.4) is 0 Å². The van der Waals surface area contributed by atoms with Crippen molar-refractivity contribution in [2.75, 3.05) is 6.54 Å². The predicted molar refractivity (Wildman–Crippen MR) is 113 cm³/mol. The highest BCUT2D eigenvalue weighted by Gasteiger charge is 2.26. The van der Waals surface area contributed by atoms with E-state index >= 15 is 0 Å². The van der Waals surface area contributed by atoms with E-state index in [0.29, 0.717) is 6.04 Å². The third kappa shape index (κ3) is 4.39. The fourth-order valence-corrected chi connectivity index (χ4v) is 4.21. The molecule has 3 heterocycles. The predicted octanol–water partition coefficient (Wildman–Crippen LogP) is 3.60. The molecule has 1 unspecified atom stereocenters. The number of carbonyl (C=O) groups is 1. The number of benzene rings is 1. The number of hydrogen-bond acceptors (Lipinski definition) is 4. The van der Waals surface area contributed by atoms with Crippen LogP contribution in [0.5, 0.6) is 0 Å². The van der Waals surface area contributed by atoms with E-state index in [-0.39, 0.29) is 0 Å². The Morgan fingerprint density at radius 3 is 3.00 bits per heavy atom. The molecule has 1 aromatic carbocycles. The van der Waals surface area contributed by atoms with Gasteiger partial charge >= 0.3 is 0 Å². The number of hydroxylamine groups is 1. The molecule has 150 valence electrons. The van der Waals surface area contributed by atoms with Crippen LogP contribution in [0.15, 0.2) is 48.7 Å². The van der Waals surface area contributed by atoms with Crippen LogP contribution in [-0.2, 0) is 17.8 Å². The van der Waals surface area contributed by atoms with Gasteiger partial charge in [0.2, 0.25) is 0 Å². The van der Waals surface area contributed by atoms with Gasteiger partial charge in [-0.2, -0.15) is 0 Å². The molecule has 1 amide bonds. The molecule has 1 aliphatic rings. The van der Waals surface area contributed by atoms with Gasteiger partial charge in [-0.25, -0.2) is 5.48 Å². The first-order chi connectivity index (χ1) is 14.1. The van der Waals surface area contributed by atoms with E-state index < -0.39 is 5.91 Å². The standard InChI is InChI=1S/C23H26N4O2/c1-16-21(20-6-2-3-7-22(20)25-16)13-19-5-4-12-27(19)15-18-10-8-17(14-24-18)9-11-23(28)26-29/h2-3,6-11,14,19,25,29H,4-5,12-13,15H2,1H3,(H,26,28)/b11-9+. The molecule has 0 radical (unpaired) electrons. The molecule has 2 aromatic heterocycles. The molecule has 0 aliphatic carbocycles. The molecule has 3 aromatic rings. The lowest BCUT2D eigenvalue weighted by Crippen LogP contribution is -2.31. The number of aryl methyl sites for hydroxylation is 1. The molecule has 3 N–H and O–H groups in total. The number of pyridine rings is 1.